The van der Waals surface area contributed by atoms with E-state index < -0.39 is 0 Å². The number of hydrogen-bond acceptors (Lipinski definition) is 2. The van der Waals surface area contributed by atoms with E-state index in [1.807, 2.05) is 54.6 Å². The molecule has 0 bridgehead atoms. The van der Waals surface area contributed by atoms with Crippen LogP contribution in [0.25, 0.3) is 0 Å². The Morgan fingerprint density at radius 2 is 1.54 bits per heavy atom. The summed E-state index contributed by atoms with van der Waals surface area (Å²) in [5, 5.41) is 3.32. The van der Waals surface area contributed by atoms with Crippen molar-refractivity contribution in [1.29, 1.82) is 0 Å². The minimum absolute atomic E-state index is 0.548. The molecular weight excluding hydrogens is 406 g/mol. The van der Waals surface area contributed by atoms with Gasteiger partial charge in [-0.3, -0.25) is 0 Å². The minimum Gasteiger partial charge on any atom is -0.489 e. The first-order chi connectivity index (χ1) is 12.7. The summed E-state index contributed by atoms with van der Waals surface area (Å²) in [6.07, 6.45) is 0.954. The number of rotatable bonds is 7. The molecule has 1 N–H and O–H groups in total. The van der Waals surface area contributed by atoms with Crippen molar-refractivity contribution in [3.63, 3.8) is 0 Å². The Kier molecular flexibility index (Phi) is 6.81. The van der Waals surface area contributed by atoms with E-state index in [2.05, 4.69) is 45.5 Å². The smallest absolute Gasteiger partial charge is 0.119 e. The van der Waals surface area contributed by atoms with Gasteiger partial charge in [0.15, 0.2) is 0 Å². The average Bonchev–Trinajstić information content (AvgIpc) is 2.69. The van der Waals surface area contributed by atoms with Crippen molar-refractivity contribution in [2.24, 2.45) is 0 Å². The second-order valence-corrected chi connectivity index (χ2v) is 7.25. The summed E-state index contributed by atoms with van der Waals surface area (Å²) in [6.45, 7) is 1.37. The Labute approximate surface area is 168 Å². The topological polar surface area (TPSA) is 21.3 Å². The first-order valence-corrected chi connectivity index (χ1v) is 9.70. The molecule has 0 aliphatic carbocycles. The van der Waals surface area contributed by atoms with Gasteiger partial charge in [0.2, 0.25) is 0 Å². The van der Waals surface area contributed by atoms with Gasteiger partial charge in [-0.15, -0.1) is 0 Å². The van der Waals surface area contributed by atoms with Gasteiger partial charge in [-0.2, -0.15) is 0 Å². The molecule has 0 radical (unpaired) electrons. The van der Waals surface area contributed by atoms with Crippen LogP contribution < -0.4 is 10.1 Å². The van der Waals surface area contributed by atoms with Gasteiger partial charge in [-0.25, -0.2) is 0 Å². The van der Waals surface area contributed by atoms with E-state index in [0.29, 0.717) is 6.61 Å². The highest BCUT2D eigenvalue weighted by molar-refractivity contribution is 9.10. The number of benzene rings is 3. The van der Waals surface area contributed by atoms with Crippen LogP contribution in [0.15, 0.2) is 83.3 Å². The molecule has 0 aliphatic heterocycles. The van der Waals surface area contributed by atoms with Crippen LogP contribution in [0.1, 0.15) is 16.7 Å². The summed E-state index contributed by atoms with van der Waals surface area (Å²) in [7, 11) is 0. The third-order valence-corrected chi connectivity index (χ3v) is 4.89. The maximum Gasteiger partial charge on any atom is 0.119 e. The fraction of sp³-hybridized carbons (Fsp3) is 0.136. The molecule has 2 nitrogen and oxygen atoms in total. The monoisotopic (exact) mass is 425 g/mol. The van der Waals surface area contributed by atoms with Crippen LogP contribution in [-0.2, 0) is 13.0 Å². The molecular formula is C22H20BrNOS. The summed E-state index contributed by atoms with van der Waals surface area (Å²) in [5.41, 5.74) is 3.44. The Morgan fingerprint density at radius 1 is 0.846 bits per heavy atom. The highest BCUT2D eigenvalue weighted by Gasteiger charge is 2.02. The summed E-state index contributed by atoms with van der Waals surface area (Å²) in [6, 6.07) is 26.4. The minimum atomic E-state index is 0.548. The number of hydrogen-bond donors (Lipinski definition) is 1. The molecule has 0 saturated heterocycles. The van der Waals surface area contributed by atoms with Crippen molar-refractivity contribution in [2.75, 3.05) is 6.54 Å². The lowest BCUT2D eigenvalue weighted by Gasteiger charge is -2.10. The molecule has 3 aromatic rings. The third-order valence-electron chi connectivity index (χ3n) is 3.98. The van der Waals surface area contributed by atoms with Crippen molar-refractivity contribution in [2.45, 2.75) is 13.0 Å². The summed E-state index contributed by atoms with van der Waals surface area (Å²) >= 11 is 8.91. The molecule has 0 fully saturated rings. The lowest BCUT2D eigenvalue weighted by atomic mass is 10.1. The van der Waals surface area contributed by atoms with Crippen LogP contribution in [0.3, 0.4) is 0 Å². The van der Waals surface area contributed by atoms with E-state index in [-0.39, 0.29) is 0 Å². The fourth-order valence-corrected chi connectivity index (χ4v) is 3.02. The first kappa shape index (κ1) is 18.6. The van der Waals surface area contributed by atoms with Crippen molar-refractivity contribution in [3.05, 3.63) is 100 Å². The quantitative estimate of drug-likeness (QED) is 0.502. The van der Waals surface area contributed by atoms with Crippen LogP contribution in [0.4, 0.5) is 0 Å². The Hall–Kier alpha value is -2.17. The van der Waals surface area contributed by atoms with Crippen LogP contribution in [0.5, 0.6) is 5.75 Å². The molecule has 0 spiro atoms. The van der Waals surface area contributed by atoms with Crippen molar-refractivity contribution >= 4 is 33.1 Å². The molecule has 0 unspecified atom stereocenters. The van der Waals surface area contributed by atoms with Crippen molar-refractivity contribution in [3.8, 4) is 5.75 Å². The fourth-order valence-electron chi connectivity index (χ4n) is 2.52. The molecule has 26 heavy (non-hydrogen) atoms. The van der Waals surface area contributed by atoms with Crippen LogP contribution in [-0.4, -0.2) is 11.5 Å². The van der Waals surface area contributed by atoms with Gasteiger partial charge >= 0.3 is 0 Å². The standard InChI is InChI=1S/C22H20BrNOS/c23-20-10-6-18(7-11-20)16-25-21-12-8-19(9-13-21)22(26)24-15-14-17-4-2-1-3-5-17/h1-13H,14-16H2,(H,24,26). The second-order valence-electron chi connectivity index (χ2n) is 5.93. The Morgan fingerprint density at radius 3 is 2.23 bits per heavy atom. The molecule has 0 heterocycles. The van der Waals surface area contributed by atoms with Crippen molar-refractivity contribution < 1.29 is 4.74 Å². The highest BCUT2D eigenvalue weighted by atomic mass is 79.9. The first-order valence-electron chi connectivity index (χ1n) is 8.50. The molecule has 0 amide bonds. The lowest BCUT2D eigenvalue weighted by Crippen LogP contribution is -2.24. The number of nitrogens with one attached hydrogen (secondary N) is 1. The summed E-state index contributed by atoms with van der Waals surface area (Å²) in [4.78, 5) is 0.764. The summed E-state index contributed by atoms with van der Waals surface area (Å²) in [5.74, 6) is 0.837. The normalized spacial score (nSPS) is 10.3. The maximum absolute atomic E-state index is 5.83. The largest absolute Gasteiger partial charge is 0.489 e. The molecule has 132 valence electrons. The number of thiocarbonyl (C=S) groups is 1. The van der Waals surface area contributed by atoms with E-state index in [9.17, 15) is 0 Å². The summed E-state index contributed by atoms with van der Waals surface area (Å²) < 4.78 is 6.90. The van der Waals surface area contributed by atoms with E-state index in [1.165, 1.54) is 5.56 Å². The van der Waals surface area contributed by atoms with Gasteiger partial charge in [-0.05, 0) is 53.9 Å². The number of halogens is 1. The Balaban J connectivity index is 1.47. The average molecular weight is 426 g/mol. The molecule has 0 saturated carbocycles. The molecule has 0 aliphatic rings. The van der Waals surface area contributed by atoms with Gasteiger partial charge in [0.05, 0.1) is 0 Å². The molecule has 0 atom stereocenters. The zero-order valence-corrected chi connectivity index (χ0v) is 16.7. The van der Waals surface area contributed by atoms with Gasteiger partial charge < -0.3 is 10.1 Å². The van der Waals surface area contributed by atoms with Crippen molar-refractivity contribution in [1.82, 2.24) is 5.32 Å². The van der Waals surface area contributed by atoms with E-state index in [0.717, 1.165) is 39.3 Å². The van der Waals surface area contributed by atoms with Crippen LogP contribution in [0, 0.1) is 0 Å². The van der Waals surface area contributed by atoms with Gasteiger partial charge in [0, 0.05) is 16.6 Å². The molecule has 3 rings (SSSR count). The number of ether oxygens (including phenoxy) is 1. The van der Waals surface area contributed by atoms with Gasteiger partial charge in [0.25, 0.3) is 0 Å². The van der Waals surface area contributed by atoms with Crippen LogP contribution in [0.2, 0.25) is 0 Å². The second kappa shape index (κ2) is 9.51. The predicted molar refractivity (Wildman–Crippen MR) is 115 cm³/mol. The molecule has 4 heteroatoms. The predicted octanol–water partition coefficient (Wildman–Crippen LogP) is 5.54. The van der Waals surface area contributed by atoms with E-state index in [4.69, 9.17) is 17.0 Å². The molecule has 0 aromatic heterocycles. The van der Waals surface area contributed by atoms with Gasteiger partial charge in [0.1, 0.15) is 17.3 Å². The van der Waals surface area contributed by atoms with E-state index in [1.54, 1.807) is 0 Å². The third kappa shape index (κ3) is 5.68. The zero-order valence-electron chi connectivity index (χ0n) is 14.3. The van der Waals surface area contributed by atoms with E-state index >= 15 is 0 Å². The molecule has 3 aromatic carbocycles. The SMILES string of the molecule is S=C(NCCc1ccccc1)c1ccc(OCc2ccc(Br)cc2)cc1. The zero-order chi connectivity index (χ0) is 18.2. The lowest BCUT2D eigenvalue weighted by molar-refractivity contribution is 0.306. The maximum atomic E-state index is 5.83. The van der Waals surface area contributed by atoms with Gasteiger partial charge in [-0.1, -0.05) is 70.6 Å². The van der Waals surface area contributed by atoms with Crippen LogP contribution >= 0.6 is 28.1 Å². The highest BCUT2D eigenvalue weighted by Crippen LogP contribution is 2.16. The Bertz CT molecular complexity index is 832.